The van der Waals surface area contributed by atoms with E-state index in [-0.39, 0.29) is 4.90 Å². The summed E-state index contributed by atoms with van der Waals surface area (Å²) in [6.45, 7) is 2.12. The molecule has 0 saturated heterocycles. The Hall–Kier alpha value is -1.76. The number of aromatic nitrogens is 1. The summed E-state index contributed by atoms with van der Waals surface area (Å²) in [6, 6.07) is 18.2. The molecule has 1 heterocycles. The van der Waals surface area contributed by atoms with Crippen LogP contribution < -0.4 is 4.57 Å². The highest BCUT2D eigenvalue weighted by Gasteiger charge is 2.05. The number of para-hydroxylation sites is 1. The molecule has 0 aliphatic heterocycles. The molecule has 120 valence electrons. The first-order valence-electron chi connectivity index (χ1n) is 6.85. The van der Waals surface area contributed by atoms with E-state index in [0.717, 1.165) is 4.47 Å². The molecule has 0 bridgehead atoms. The van der Waals surface area contributed by atoms with Gasteiger partial charge in [-0.2, -0.15) is 4.57 Å². The minimum absolute atomic E-state index is 0.208. The predicted molar refractivity (Wildman–Crippen MR) is 92.0 cm³/mol. The normalized spacial score (nSPS) is 11.0. The van der Waals surface area contributed by atoms with Crippen LogP contribution in [-0.4, -0.2) is 13.0 Å². The van der Waals surface area contributed by atoms with Gasteiger partial charge in [-0.3, -0.25) is 0 Å². The topological polar surface area (TPSA) is 61.1 Å². The van der Waals surface area contributed by atoms with Gasteiger partial charge < -0.3 is 4.55 Å². The van der Waals surface area contributed by atoms with Gasteiger partial charge in [-0.05, 0) is 36.4 Å². The molecule has 6 heteroatoms. The van der Waals surface area contributed by atoms with Gasteiger partial charge in [-0.25, -0.2) is 8.42 Å². The number of rotatable bonds is 1. The van der Waals surface area contributed by atoms with E-state index in [4.69, 9.17) is 0 Å². The van der Waals surface area contributed by atoms with Crippen molar-refractivity contribution in [2.75, 3.05) is 0 Å². The second-order valence-electron chi connectivity index (χ2n) is 5.00. The molecule has 0 amide bonds. The summed E-state index contributed by atoms with van der Waals surface area (Å²) in [6.07, 6.45) is 0. The van der Waals surface area contributed by atoms with Gasteiger partial charge in [0.05, 0.1) is 4.90 Å². The molecule has 4 nitrogen and oxygen atoms in total. The zero-order valence-electron chi connectivity index (χ0n) is 12.7. The van der Waals surface area contributed by atoms with E-state index in [1.54, 1.807) is 0 Å². The van der Waals surface area contributed by atoms with Crippen LogP contribution in [0.25, 0.3) is 10.9 Å². The van der Waals surface area contributed by atoms with Crippen LogP contribution in [-0.2, 0) is 17.2 Å². The molecular weight excluding hydrogens is 378 g/mol. The molecule has 0 saturated carbocycles. The maximum Gasteiger partial charge on any atom is 0.212 e. The molecule has 23 heavy (non-hydrogen) atoms. The minimum Gasteiger partial charge on any atom is -0.744 e. The summed E-state index contributed by atoms with van der Waals surface area (Å²) < 4.78 is 34.1. The zero-order chi connectivity index (χ0) is 17.0. The quantitative estimate of drug-likeness (QED) is 0.470. The van der Waals surface area contributed by atoms with Crippen LogP contribution in [0.1, 0.15) is 5.69 Å². The lowest BCUT2D eigenvalue weighted by molar-refractivity contribution is -0.651. The zero-order valence-corrected chi connectivity index (χ0v) is 15.1. The summed E-state index contributed by atoms with van der Waals surface area (Å²) >= 11 is 3.12. The van der Waals surface area contributed by atoms with Crippen LogP contribution in [0.3, 0.4) is 0 Å². The van der Waals surface area contributed by atoms with Gasteiger partial charge in [0.25, 0.3) is 0 Å². The maximum atomic E-state index is 10.4. The van der Waals surface area contributed by atoms with E-state index in [1.165, 1.54) is 40.9 Å². The van der Waals surface area contributed by atoms with E-state index < -0.39 is 10.1 Å². The Kier molecular flexibility index (Phi) is 5.51. The van der Waals surface area contributed by atoms with Crippen molar-refractivity contribution in [3.63, 3.8) is 0 Å². The maximum absolute atomic E-state index is 10.4. The van der Waals surface area contributed by atoms with Gasteiger partial charge in [0, 0.05) is 28.9 Å². The van der Waals surface area contributed by atoms with Gasteiger partial charge >= 0.3 is 0 Å². The lowest BCUT2D eigenvalue weighted by Gasteiger charge is -2.05. The molecule has 1 aromatic heterocycles. The SMILES string of the molecule is Cc1ccc2ccccc2[n+]1C.O=S(=O)([O-])c1ccc(Br)cc1. The standard InChI is InChI=1S/C11H12N.C6H5BrO3S/c1-9-7-8-10-5-3-4-6-11(10)12(9)2;7-5-1-3-6(4-2-5)11(8,9)10/h3-8H,1-2H3;1-4H,(H,8,9,10)/q+1;/p-1. The molecule has 0 aliphatic carbocycles. The fourth-order valence-corrected chi connectivity index (χ4v) is 2.78. The highest BCUT2D eigenvalue weighted by Crippen LogP contribution is 2.13. The third-order valence-corrected chi connectivity index (χ3v) is 4.81. The lowest BCUT2D eigenvalue weighted by atomic mass is 10.2. The second-order valence-corrected chi connectivity index (χ2v) is 7.30. The van der Waals surface area contributed by atoms with Crippen molar-refractivity contribution in [3.05, 3.63) is 70.8 Å². The number of halogens is 1. The average Bonchev–Trinajstić information content (AvgIpc) is 2.51. The van der Waals surface area contributed by atoms with E-state index in [0.29, 0.717) is 0 Å². The highest BCUT2D eigenvalue weighted by molar-refractivity contribution is 9.10. The Morgan fingerprint density at radius 1 is 0.957 bits per heavy atom. The summed E-state index contributed by atoms with van der Waals surface area (Å²) in [4.78, 5) is -0.208. The Labute approximate surface area is 144 Å². The predicted octanol–water partition coefficient (Wildman–Crippen LogP) is 3.33. The van der Waals surface area contributed by atoms with Crippen LogP contribution in [0.4, 0.5) is 0 Å². The van der Waals surface area contributed by atoms with Crippen molar-refractivity contribution in [1.82, 2.24) is 0 Å². The van der Waals surface area contributed by atoms with Crippen LogP contribution >= 0.6 is 15.9 Å². The van der Waals surface area contributed by atoms with Crippen molar-refractivity contribution >= 4 is 37.0 Å². The third kappa shape index (κ3) is 4.60. The highest BCUT2D eigenvalue weighted by atomic mass is 79.9. The van der Waals surface area contributed by atoms with Crippen molar-refractivity contribution in [1.29, 1.82) is 0 Å². The number of nitrogens with zero attached hydrogens (tertiary/aromatic N) is 1. The van der Waals surface area contributed by atoms with Crippen molar-refractivity contribution in [2.24, 2.45) is 7.05 Å². The van der Waals surface area contributed by atoms with Crippen LogP contribution in [0.2, 0.25) is 0 Å². The Morgan fingerprint density at radius 3 is 2.17 bits per heavy atom. The smallest absolute Gasteiger partial charge is 0.212 e. The first-order chi connectivity index (χ1) is 10.8. The number of fused-ring (bicyclic) bond motifs is 1. The summed E-state index contributed by atoms with van der Waals surface area (Å²) in [5, 5.41) is 1.30. The third-order valence-electron chi connectivity index (χ3n) is 3.43. The van der Waals surface area contributed by atoms with Crippen molar-refractivity contribution in [3.8, 4) is 0 Å². The summed E-state index contributed by atoms with van der Waals surface area (Å²) in [5.74, 6) is 0. The van der Waals surface area contributed by atoms with Crippen molar-refractivity contribution in [2.45, 2.75) is 11.8 Å². The fourth-order valence-electron chi connectivity index (χ4n) is 2.05. The van der Waals surface area contributed by atoms with E-state index >= 15 is 0 Å². The molecule has 3 aromatic rings. The van der Waals surface area contributed by atoms with Crippen LogP contribution in [0, 0.1) is 6.92 Å². The number of hydrogen-bond acceptors (Lipinski definition) is 3. The number of benzene rings is 2. The molecule has 0 aliphatic rings. The second kappa shape index (κ2) is 7.21. The molecule has 0 atom stereocenters. The summed E-state index contributed by atoms with van der Waals surface area (Å²) in [7, 11) is -2.20. The first-order valence-corrected chi connectivity index (χ1v) is 9.05. The number of pyridine rings is 1. The average molecular weight is 394 g/mol. The molecular formula is C17H16BrNO3S. The fraction of sp³-hybridized carbons (Fsp3) is 0.118. The Balaban J connectivity index is 0.000000168. The molecule has 0 spiro atoms. The molecule has 0 fully saturated rings. The first kappa shape index (κ1) is 17.6. The van der Waals surface area contributed by atoms with Gasteiger partial charge in [-0.1, -0.05) is 28.1 Å². The molecule has 3 rings (SSSR count). The lowest BCUT2D eigenvalue weighted by Crippen LogP contribution is -2.32. The Morgan fingerprint density at radius 2 is 1.57 bits per heavy atom. The van der Waals surface area contributed by atoms with Crippen LogP contribution in [0.5, 0.6) is 0 Å². The summed E-state index contributed by atoms with van der Waals surface area (Å²) in [5.41, 5.74) is 2.58. The molecule has 0 N–H and O–H groups in total. The van der Waals surface area contributed by atoms with Gasteiger partial charge in [-0.15, -0.1) is 0 Å². The molecule has 2 aromatic carbocycles. The number of aryl methyl sites for hydroxylation is 2. The molecule has 0 unspecified atom stereocenters. The van der Waals surface area contributed by atoms with E-state index in [1.807, 2.05) is 0 Å². The van der Waals surface area contributed by atoms with E-state index in [2.05, 4.69) is 70.9 Å². The minimum atomic E-state index is -4.29. The van der Waals surface area contributed by atoms with Gasteiger partial charge in [0.15, 0.2) is 5.69 Å². The Bertz CT molecular complexity index is 922. The molecule has 0 radical (unpaired) electrons. The van der Waals surface area contributed by atoms with E-state index in [9.17, 15) is 13.0 Å². The van der Waals surface area contributed by atoms with Crippen LogP contribution in [0.15, 0.2) is 70.0 Å². The van der Waals surface area contributed by atoms with Crippen molar-refractivity contribution < 1.29 is 17.5 Å². The monoisotopic (exact) mass is 393 g/mol. The van der Waals surface area contributed by atoms with Gasteiger partial charge in [0.1, 0.15) is 17.2 Å². The largest absolute Gasteiger partial charge is 0.744 e. The number of hydrogen-bond donors (Lipinski definition) is 0. The van der Waals surface area contributed by atoms with Gasteiger partial charge in [0.2, 0.25) is 5.52 Å².